The van der Waals surface area contributed by atoms with E-state index in [1.165, 1.54) is 4.88 Å². The van der Waals surface area contributed by atoms with Gasteiger partial charge in [-0.25, -0.2) is 0 Å². The minimum atomic E-state index is 0.0533. The molecule has 2 heterocycles. The Balaban J connectivity index is 2.30. The Hall–Kier alpha value is -0.130. The van der Waals surface area contributed by atoms with E-state index < -0.39 is 0 Å². The van der Waals surface area contributed by atoms with E-state index in [0.29, 0.717) is 12.6 Å². The maximum absolute atomic E-state index is 6.00. The molecule has 1 atom stereocenters. The zero-order valence-electron chi connectivity index (χ0n) is 9.57. The molecule has 0 radical (unpaired) electrons. The summed E-state index contributed by atoms with van der Waals surface area (Å²) in [5.41, 5.74) is 5.97. The second kappa shape index (κ2) is 4.63. The third-order valence-electron chi connectivity index (χ3n) is 3.15. The molecule has 1 fully saturated rings. The Morgan fingerprint density at radius 3 is 2.56 bits per heavy atom. The molecule has 1 aliphatic rings. The van der Waals surface area contributed by atoms with Gasteiger partial charge in [0.25, 0.3) is 0 Å². The fourth-order valence-electron chi connectivity index (χ4n) is 2.33. The summed E-state index contributed by atoms with van der Waals surface area (Å²) in [4.78, 5) is 3.47. The minimum absolute atomic E-state index is 0.0533. The number of ether oxygens (including phenoxy) is 1. The summed E-state index contributed by atoms with van der Waals surface area (Å²) < 4.78 is 6.18. The van der Waals surface area contributed by atoms with Gasteiger partial charge in [0, 0.05) is 16.8 Å². The van der Waals surface area contributed by atoms with E-state index in [1.807, 2.05) is 6.07 Å². The van der Waals surface area contributed by atoms with Crippen molar-refractivity contribution in [1.29, 1.82) is 0 Å². The van der Waals surface area contributed by atoms with Crippen LogP contribution in [0.3, 0.4) is 0 Å². The Kier molecular flexibility index (Phi) is 3.56. The van der Waals surface area contributed by atoms with Crippen molar-refractivity contribution in [3.05, 3.63) is 21.3 Å². The van der Waals surface area contributed by atoms with Gasteiger partial charge in [-0.1, -0.05) is 11.6 Å². The maximum Gasteiger partial charge on any atom is 0.0931 e. The van der Waals surface area contributed by atoms with Crippen LogP contribution in [0.5, 0.6) is 0 Å². The molecule has 0 aliphatic carbocycles. The Morgan fingerprint density at radius 2 is 2.25 bits per heavy atom. The van der Waals surface area contributed by atoms with Crippen molar-refractivity contribution < 1.29 is 4.74 Å². The first-order chi connectivity index (χ1) is 7.59. The Morgan fingerprint density at radius 1 is 1.56 bits per heavy atom. The molecule has 1 unspecified atom stereocenters. The zero-order chi connectivity index (χ0) is 11.8. The van der Waals surface area contributed by atoms with Crippen molar-refractivity contribution in [2.24, 2.45) is 11.1 Å². The summed E-state index contributed by atoms with van der Waals surface area (Å²) in [6.07, 6.45) is 0. The van der Waals surface area contributed by atoms with Gasteiger partial charge in [0.15, 0.2) is 0 Å². The highest BCUT2D eigenvalue weighted by Crippen LogP contribution is 2.45. The molecule has 0 bridgehead atoms. The molecule has 2 rings (SSSR count). The average molecular weight is 261 g/mol. The van der Waals surface area contributed by atoms with Gasteiger partial charge in [0.05, 0.1) is 23.6 Å². The third-order valence-corrected chi connectivity index (χ3v) is 4.43. The van der Waals surface area contributed by atoms with Gasteiger partial charge in [0.1, 0.15) is 0 Å². The Labute approximate surface area is 105 Å². The van der Waals surface area contributed by atoms with Crippen molar-refractivity contribution in [2.45, 2.75) is 6.04 Å². The number of rotatable bonds is 4. The lowest BCUT2D eigenvalue weighted by molar-refractivity contribution is -0.144. The molecule has 1 aliphatic heterocycles. The topological polar surface area (TPSA) is 38.5 Å². The molecule has 16 heavy (non-hydrogen) atoms. The van der Waals surface area contributed by atoms with Crippen molar-refractivity contribution in [2.75, 3.05) is 33.9 Å². The second-order valence-corrected chi connectivity index (χ2v) is 6.31. The SMILES string of the molecule is CN(C)C(c1ccc(Cl)s1)C1(CN)COC1. The number of halogens is 1. The highest BCUT2D eigenvalue weighted by molar-refractivity contribution is 7.16. The number of hydrogen-bond acceptors (Lipinski definition) is 4. The normalized spacial score (nSPS) is 20.8. The van der Waals surface area contributed by atoms with Crippen LogP contribution in [0.25, 0.3) is 0 Å². The smallest absolute Gasteiger partial charge is 0.0931 e. The molecule has 90 valence electrons. The first-order valence-corrected chi connectivity index (χ1v) is 6.48. The van der Waals surface area contributed by atoms with Gasteiger partial charge in [0.2, 0.25) is 0 Å². The molecule has 3 nitrogen and oxygen atoms in total. The zero-order valence-corrected chi connectivity index (χ0v) is 11.1. The van der Waals surface area contributed by atoms with E-state index in [0.717, 1.165) is 17.6 Å². The summed E-state index contributed by atoms with van der Waals surface area (Å²) in [7, 11) is 4.15. The van der Waals surface area contributed by atoms with Gasteiger partial charge in [-0.3, -0.25) is 0 Å². The van der Waals surface area contributed by atoms with Crippen LogP contribution in [0.1, 0.15) is 10.9 Å². The number of nitrogens with two attached hydrogens (primary N) is 1. The van der Waals surface area contributed by atoms with E-state index in [1.54, 1.807) is 11.3 Å². The third kappa shape index (κ3) is 2.00. The quantitative estimate of drug-likeness (QED) is 0.900. The molecule has 0 amide bonds. The van der Waals surface area contributed by atoms with Crippen molar-refractivity contribution >= 4 is 22.9 Å². The van der Waals surface area contributed by atoms with Gasteiger partial charge >= 0.3 is 0 Å². The number of thiophene rings is 1. The van der Waals surface area contributed by atoms with Crippen LogP contribution >= 0.6 is 22.9 Å². The number of nitrogens with zero attached hydrogens (tertiary/aromatic N) is 1. The lowest BCUT2D eigenvalue weighted by Crippen LogP contribution is -2.55. The Bertz CT molecular complexity index is 357. The van der Waals surface area contributed by atoms with Crippen LogP contribution in [-0.4, -0.2) is 38.8 Å². The van der Waals surface area contributed by atoms with Crippen LogP contribution in [0.2, 0.25) is 4.34 Å². The highest BCUT2D eigenvalue weighted by Gasteiger charge is 2.46. The van der Waals surface area contributed by atoms with Crippen molar-refractivity contribution in [1.82, 2.24) is 4.90 Å². The summed E-state index contributed by atoms with van der Waals surface area (Å²) in [6, 6.07) is 4.33. The predicted molar refractivity (Wildman–Crippen MR) is 68.1 cm³/mol. The largest absolute Gasteiger partial charge is 0.380 e. The lowest BCUT2D eigenvalue weighted by Gasteiger charge is -2.48. The minimum Gasteiger partial charge on any atom is -0.380 e. The summed E-state index contributed by atoms with van der Waals surface area (Å²) in [5.74, 6) is 0. The predicted octanol–water partition coefficient (Wildman–Crippen LogP) is 1.98. The van der Waals surface area contributed by atoms with Gasteiger partial charge in [-0.15, -0.1) is 11.3 Å². The maximum atomic E-state index is 6.00. The fraction of sp³-hybridized carbons (Fsp3) is 0.636. The van der Waals surface area contributed by atoms with Gasteiger partial charge in [-0.05, 0) is 26.2 Å². The highest BCUT2D eigenvalue weighted by atomic mass is 35.5. The van der Waals surface area contributed by atoms with Crippen LogP contribution in [0.4, 0.5) is 0 Å². The molecule has 0 saturated carbocycles. The van der Waals surface area contributed by atoms with Gasteiger partial charge in [-0.2, -0.15) is 0 Å². The molecular formula is C11H17ClN2OS. The van der Waals surface area contributed by atoms with Crippen LogP contribution < -0.4 is 5.73 Å². The molecule has 0 spiro atoms. The summed E-state index contributed by atoms with van der Waals surface area (Å²) >= 11 is 7.63. The van der Waals surface area contributed by atoms with E-state index in [4.69, 9.17) is 22.1 Å². The van der Waals surface area contributed by atoms with Crippen molar-refractivity contribution in [3.63, 3.8) is 0 Å². The molecule has 1 saturated heterocycles. The van der Waals surface area contributed by atoms with E-state index >= 15 is 0 Å². The first kappa shape index (κ1) is 12.3. The van der Waals surface area contributed by atoms with Crippen LogP contribution in [0.15, 0.2) is 12.1 Å². The lowest BCUT2D eigenvalue weighted by atomic mass is 9.77. The van der Waals surface area contributed by atoms with E-state index in [2.05, 4.69) is 25.1 Å². The van der Waals surface area contributed by atoms with Crippen molar-refractivity contribution in [3.8, 4) is 0 Å². The fourth-order valence-corrected chi connectivity index (χ4v) is 3.73. The molecule has 5 heteroatoms. The van der Waals surface area contributed by atoms with E-state index in [9.17, 15) is 0 Å². The standard InChI is InChI=1S/C11H17ClN2OS/c1-14(2)10(8-3-4-9(12)16-8)11(5-13)6-15-7-11/h3-4,10H,5-7,13H2,1-2H3. The van der Waals surface area contributed by atoms with Crippen LogP contribution in [0, 0.1) is 5.41 Å². The molecule has 1 aromatic heterocycles. The number of hydrogen-bond donors (Lipinski definition) is 1. The summed E-state index contributed by atoms with van der Waals surface area (Å²) in [5, 5.41) is 0. The molecule has 0 aromatic carbocycles. The molecule has 2 N–H and O–H groups in total. The summed E-state index contributed by atoms with van der Waals surface area (Å²) in [6.45, 7) is 2.12. The second-order valence-electron chi connectivity index (χ2n) is 4.57. The monoisotopic (exact) mass is 260 g/mol. The van der Waals surface area contributed by atoms with Gasteiger partial charge < -0.3 is 15.4 Å². The first-order valence-electron chi connectivity index (χ1n) is 5.28. The average Bonchev–Trinajstić information content (AvgIpc) is 2.57. The van der Waals surface area contributed by atoms with E-state index in [-0.39, 0.29) is 5.41 Å². The molecule has 1 aromatic rings. The van der Waals surface area contributed by atoms with Crippen LogP contribution in [-0.2, 0) is 4.74 Å². The molecular weight excluding hydrogens is 244 g/mol.